The Bertz CT molecular complexity index is 831. The number of rotatable bonds is 9. The van der Waals surface area contributed by atoms with Crippen molar-refractivity contribution in [3.8, 4) is 0 Å². The second-order valence-corrected chi connectivity index (χ2v) is 7.43. The van der Waals surface area contributed by atoms with Crippen molar-refractivity contribution in [1.82, 2.24) is 19.4 Å². The van der Waals surface area contributed by atoms with E-state index in [4.69, 9.17) is 20.2 Å². The van der Waals surface area contributed by atoms with Crippen molar-refractivity contribution in [2.75, 3.05) is 39.6 Å². The van der Waals surface area contributed by atoms with Crippen LogP contribution in [-0.4, -0.2) is 59.3 Å². The van der Waals surface area contributed by atoms with Crippen LogP contribution >= 0.6 is 0 Å². The van der Waals surface area contributed by atoms with Gasteiger partial charge in [0.25, 0.3) is 0 Å². The number of anilines is 1. The van der Waals surface area contributed by atoms with Gasteiger partial charge in [0.05, 0.1) is 18.7 Å². The lowest BCUT2D eigenvalue weighted by Gasteiger charge is -2.19. The Morgan fingerprint density at radius 3 is 2.50 bits per heavy atom. The number of carbonyl (C=O) groups is 1. The Kier molecular flexibility index (Phi) is 7.37. The lowest BCUT2D eigenvalue weighted by molar-refractivity contribution is -0.133. The first-order valence-electron chi connectivity index (χ1n) is 9.67. The molecule has 1 amide bonds. The lowest BCUT2D eigenvalue weighted by Crippen LogP contribution is -2.33. The number of nitrogen functional groups attached to an aromatic ring is 1. The van der Waals surface area contributed by atoms with Crippen LogP contribution in [-0.2, 0) is 20.8 Å². The maximum Gasteiger partial charge on any atom is 0.224 e. The van der Waals surface area contributed by atoms with Gasteiger partial charge in [0, 0.05) is 38.9 Å². The van der Waals surface area contributed by atoms with Gasteiger partial charge >= 0.3 is 0 Å². The monoisotopic (exact) mass is 391 g/mol. The number of pyridine rings is 1. The predicted octanol–water partition coefficient (Wildman–Crippen LogP) is 2.47. The van der Waals surface area contributed by atoms with Gasteiger partial charge in [-0.2, -0.15) is 0 Å². The first-order chi connectivity index (χ1) is 13.2. The maximum absolute atomic E-state index is 11.9. The van der Waals surface area contributed by atoms with Gasteiger partial charge in [0.1, 0.15) is 17.4 Å². The molecule has 2 N–H and O–H groups in total. The summed E-state index contributed by atoms with van der Waals surface area (Å²) in [5.41, 5.74) is 9.72. The highest BCUT2D eigenvalue weighted by atomic mass is 16.5. The van der Waals surface area contributed by atoms with Gasteiger partial charge in [0.2, 0.25) is 5.91 Å². The summed E-state index contributed by atoms with van der Waals surface area (Å²) in [7, 11) is 3.46. The second kappa shape index (κ2) is 9.34. The van der Waals surface area contributed by atoms with E-state index in [1.165, 1.54) is 0 Å². The number of aromatic nitrogens is 3. The van der Waals surface area contributed by atoms with Crippen molar-refractivity contribution in [2.24, 2.45) is 5.92 Å². The predicted molar refractivity (Wildman–Crippen MR) is 110 cm³/mol. The third-order valence-corrected chi connectivity index (χ3v) is 5.04. The largest absolute Gasteiger partial charge is 0.382 e. The van der Waals surface area contributed by atoms with E-state index in [-0.39, 0.29) is 17.9 Å². The molecule has 0 aromatic carbocycles. The van der Waals surface area contributed by atoms with Gasteiger partial charge in [-0.25, -0.2) is 9.97 Å². The molecule has 0 fully saturated rings. The standard InChI is InChI=1S/C20H33N5O3/c1-12(2)20(26)24(6)8-10-28-11-9-25-17-13(3)14(4)22-18(21)16(17)23-19(25)15(5)27-7/h12,15H,8-11H2,1-7H3,(H2,21,22). The summed E-state index contributed by atoms with van der Waals surface area (Å²) >= 11 is 0. The molecule has 1 atom stereocenters. The molecule has 0 saturated heterocycles. The highest BCUT2D eigenvalue weighted by Crippen LogP contribution is 2.29. The number of fused-ring (bicyclic) bond motifs is 1. The van der Waals surface area contributed by atoms with Crippen molar-refractivity contribution in [3.63, 3.8) is 0 Å². The molecule has 2 rings (SSSR count). The Labute approximate surface area is 167 Å². The molecule has 2 aromatic heterocycles. The van der Waals surface area contributed by atoms with Gasteiger partial charge in [0.15, 0.2) is 5.82 Å². The van der Waals surface area contributed by atoms with Crippen LogP contribution in [0.25, 0.3) is 11.0 Å². The number of carbonyl (C=O) groups excluding carboxylic acids is 1. The zero-order chi connectivity index (χ0) is 21.0. The molecule has 0 aliphatic heterocycles. The van der Waals surface area contributed by atoms with Crippen molar-refractivity contribution in [3.05, 3.63) is 17.1 Å². The molecule has 0 spiro atoms. The van der Waals surface area contributed by atoms with Crippen LogP contribution in [0.2, 0.25) is 0 Å². The van der Waals surface area contributed by atoms with Crippen molar-refractivity contribution in [2.45, 2.75) is 47.3 Å². The Balaban J connectivity index is 2.14. The van der Waals surface area contributed by atoms with E-state index in [0.29, 0.717) is 37.6 Å². The molecule has 156 valence electrons. The van der Waals surface area contributed by atoms with Crippen LogP contribution in [0.15, 0.2) is 0 Å². The number of ether oxygens (including phenoxy) is 2. The molecule has 0 radical (unpaired) electrons. The van der Waals surface area contributed by atoms with Crippen LogP contribution in [0.4, 0.5) is 5.82 Å². The van der Waals surface area contributed by atoms with E-state index in [2.05, 4.69) is 9.55 Å². The summed E-state index contributed by atoms with van der Waals surface area (Å²) in [6.45, 7) is 11.9. The molecule has 0 saturated carbocycles. The Morgan fingerprint density at radius 2 is 1.89 bits per heavy atom. The topological polar surface area (TPSA) is 95.5 Å². The average molecular weight is 392 g/mol. The molecule has 2 aromatic rings. The van der Waals surface area contributed by atoms with Crippen molar-refractivity contribution in [1.29, 1.82) is 0 Å². The number of imidazole rings is 1. The summed E-state index contributed by atoms with van der Waals surface area (Å²) in [6.07, 6.45) is -0.179. The third kappa shape index (κ3) is 4.62. The number of nitrogens with zero attached hydrogens (tertiary/aromatic N) is 4. The fourth-order valence-corrected chi connectivity index (χ4v) is 3.17. The molecule has 0 bridgehead atoms. The van der Waals surface area contributed by atoms with E-state index >= 15 is 0 Å². The van der Waals surface area contributed by atoms with E-state index in [1.807, 2.05) is 34.6 Å². The number of amides is 1. The quantitative estimate of drug-likeness (QED) is 0.660. The van der Waals surface area contributed by atoms with Crippen LogP contribution in [0.5, 0.6) is 0 Å². The second-order valence-electron chi connectivity index (χ2n) is 7.43. The number of hydrogen-bond donors (Lipinski definition) is 1. The van der Waals surface area contributed by atoms with Crippen molar-refractivity contribution < 1.29 is 14.3 Å². The SMILES string of the molecule is COC(C)c1nc2c(N)nc(C)c(C)c2n1CCOCCN(C)C(=O)C(C)C. The number of likely N-dealkylation sites (N-methyl/N-ethyl adjacent to an activating group) is 1. The van der Waals surface area contributed by atoms with E-state index in [1.54, 1.807) is 19.1 Å². The van der Waals surface area contributed by atoms with Gasteiger partial charge in [-0.1, -0.05) is 13.8 Å². The number of methoxy groups -OCH3 is 1. The minimum Gasteiger partial charge on any atom is -0.382 e. The number of hydrogen-bond acceptors (Lipinski definition) is 6. The number of aryl methyl sites for hydroxylation is 2. The van der Waals surface area contributed by atoms with E-state index in [0.717, 1.165) is 22.6 Å². The van der Waals surface area contributed by atoms with Crippen molar-refractivity contribution >= 4 is 22.8 Å². The summed E-state index contributed by atoms with van der Waals surface area (Å²) in [6, 6.07) is 0. The summed E-state index contributed by atoms with van der Waals surface area (Å²) in [5, 5.41) is 0. The van der Waals surface area contributed by atoms with Gasteiger partial charge in [-0.3, -0.25) is 4.79 Å². The van der Waals surface area contributed by atoms with Crippen LogP contribution in [0.3, 0.4) is 0 Å². The summed E-state index contributed by atoms with van der Waals surface area (Å²) in [4.78, 5) is 22.7. The highest BCUT2D eigenvalue weighted by molar-refractivity contribution is 5.88. The maximum atomic E-state index is 11.9. The highest BCUT2D eigenvalue weighted by Gasteiger charge is 2.21. The number of nitrogens with two attached hydrogens (primary N) is 1. The average Bonchev–Trinajstić information content (AvgIpc) is 3.04. The lowest BCUT2D eigenvalue weighted by atomic mass is 10.2. The van der Waals surface area contributed by atoms with Gasteiger partial charge < -0.3 is 24.7 Å². The molecule has 0 aliphatic carbocycles. The normalized spacial score (nSPS) is 12.7. The zero-order valence-electron chi connectivity index (χ0n) is 18.1. The van der Waals surface area contributed by atoms with Crippen LogP contribution in [0.1, 0.15) is 44.0 Å². The van der Waals surface area contributed by atoms with Gasteiger partial charge in [-0.05, 0) is 26.3 Å². The smallest absolute Gasteiger partial charge is 0.224 e. The molecule has 1 unspecified atom stereocenters. The Morgan fingerprint density at radius 1 is 1.21 bits per heavy atom. The van der Waals surface area contributed by atoms with Gasteiger partial charge in [-0.15, -0.1) is 0 Å². The summed E-state index contributed by atoms with van der Waals surface area (Å²) < 4.78 is 13.4. The molecule has 0 aliphatic rings. The van der Waals surface area contributed by atoms with Crippen LogP contribution < -0.4 is 5.73 Å². The minimum atomic E-state index is -0.179. The summed E-state index contributed by atoms with van der Waals surface area (Å²) in [5.74, 6) is 1.34. The zero-order valence-corrected chi connectivity index (χ0v) is 18.1. The van der Waals surface area contributed by atoms with E-state index in [9.17, 15) is 4.79 Å². The first kappa shape index (κ1) is 22.1. The fourth-order valence-electron chi connectivity index (χ4n) is 3.17. The first-order valence-corrected chi connectivity index (χ1v) is 9.67. The molecule has 2 heterocycles. The fraction of sp³-hybridized carbons (Fsp3) is 0.650. The Hall–Kier alpha value is -2.19. The molecule has 8 nitrogen and oxygen atoms in total. The molecular weight excluding hydrogens is 358 g/mol. The van der Waals surface area contributed by atoms with E-state index < -0.39 is 0 Å². The van der Waals surface area contributed by atoms with Crippen LogP contribution in [0, 0.1) is 19.8 Å². The molecular formula is C20H33N5O3. The minimum absolute atomic E-state index is 0.00862. The molecule has 8 heteroatoms. The third-order valence-electron chi connectivity index (χ3n) is 5.04. The molecule has 28 heavy (non-hydrogen) atoms.